The van der Waals surface area contributed by atoms with E-state index in [0.717, 1.165) is 30.5 Å². The summed E-state index contributed by atoms with van der Waals surface area (Å²) in [4.78, 5) is 11.4. The SMILES string of the molecule is O=C(O)C1(Cc2cnn(-c3ccccc3)c2)CCC1. The molecule has 4 nitrogen and oxygen atoms in total. The second-order valence-corrected chi connectivity index (χ2v) is 5.24. The zero-order chi connectivity index (χ0) is 13.3. The summed E-state index contributed by atoms with van der Waals surface area (Å²) < 4.78 is 1.80. The van der Waals surface area contributed by atoms with Crippen molar-refractivity contribution in [3.05, 3.63) is 48.3 Å². The lowest BCUT2D eigenvalue weighted by molar-refractivity contribution is -0.154. The molecule has 2 aromatic rings. The summed E-state index contributed by atoms with van der Waals surface area (Å²) >= 11 is 0. The third-order valence-electron chi connectivity index (χ3n) is 3.96. The maximum Gasteiger partial charge on any atom is 0.309 e. The summed E-state index contributed by atoms with van der Waals surface area (Å²) in [7, 11) is 0. The van der Waals surface area contributed by atoms with E-state index in [1.165, 1.54) is 0 Å². The van der Waals surface area contributed by atoms with Gasteiger partial charge in [0.15, 0.2) is 0 Å². The van der Waals surface area contributed by atoms with Gasteiger partial charge in [0.2, 0.25) is 0 Å². The highest BCUT2D eigenvalue weighted by Crippen LogP contribution is 2.43. The topological polar surface area (TPSA) is 55.1 Å². The van der Waals surface area contributed by atoms with Crippen LogP contribution in [0.5, 0.6) is 0 Å². The Hall–Kier alpha value is -2.10. The van der Waals surface area contributed by atoms with Crippen molar-refractivity contribution in [2.24, 2.45) is 5.41 Å². The lowest BCUT2D eigenvalue weighted by Crippen LogP contribution is -2.39. The number of aliphatic carboxylic acids is 1. The van der Waals surface area contributed by atoms with Gasteiger partial charge in [0.25, 0.3) is 0 Å². The standard InChI is InChI=1S/C15H16N2O2/c18-14(19)15(7-4-8-15)9-12-10-16-17(11-12)13-5-2-1-3-6-13/h1-3,5-6,10-11H,4,7-9H2,(H,18,19). The molecular formula is C15H16N2O2. The van der Waals surface area contributed by atoms with Crippen molar-refractivity contribution >= 4 is 5.97 Å². The third kappa shape index (κ3) is 2.14. The normalized spacial score (nSPS) is 16.8. The Morgan fingerprint density at radius 2 is 2.05 bits per heavy atom. The lowest BCUT2D eigenvalue weighted by Gasteiger charge is -2.37. The highest BCUT2D eigenvalue weighted by Gasteiger charge is 2.44. The van der Waals surface area contributed by atoms with E-state index in [0.29, 0.717) is 6.42 Å². The van der Waals surface area contributed by atoms with Crippen LogP contribution in [-0.2, 0) is 11.2 Å². The Labute approximate surface area is 111 Å². The molecule has 0 spiro atoms. The maximum absolute atomic E-state index is 11.4. The number of carboxylic acids is 1. The van der Waals surface area contributed by atoms with E-state index in [1.54, 1.807) is 10.9 Å². The number of aromatic nitrogens is 2. The van der Waals surface area contributed by atoms with E-state index in [1.807, 2.05) is 36.5 Å². The Balaban J connectivity index is 1.81. The largest absolute Gasteiger partial charge is 0.481 e. The molecule has 0 amide bonds. The highest BCUT2D eigenvalue weighted by molar-refractivity contribution is 5.76. The van der Waals surface area contributed by atoms with Gasteiger partial charge < -0.3 is 5.11 Å². The molecule has 0 bridgehead atoms. The minimum absolute atomic E-state index is 0.551. The molecule has 1 fully saturated rings. The van der Waals surface area contributed by atoms with E-state index in [9.17, 15) is 9.90 Å². The third-order valence-corrected chi connectivity index (χ3v) is 3.96. The molecule has 1 N–H and O–H groups in total. The second kappa shape index (κ2) is 4.53. The predicted molar refractivity (Wildman–Crippen MR) is 71.2 cm³/mol. The quantitative estimate of drug-likeness (QED) is 0.915. The van der Waals surface area contributed by atoms with Gasteiger partial charge in [-0.05, 0) is 37.0 Å². The lowest BCUT2D eigenvalue weighted by atomic mass is 9.66. The number of para-hydroxylation sites is 1. The van der Waals surface area contributed by atoms with Crippen molar-refractivity contribution in [3.63, 3.8) is 0 Å². The van der Waals surface area contributed by atoms with Crippen molar-refractivity contribution in [2.75, 3.05) is 0 Å². The second-order valence-electron chi connectivity index (χ2n) is 5.24. The van der Waals surface area contributed by atoms with E-state index in [4.69, 9.17) is 0 Å². The summed E-state index contributed by atoms with van der Waals surface area (Å²) in [6.45, 7) is 0. The molecule has 1 aliphatic rings. The van der Waals surface area contributed by atoms with Crippen LogP contribution in [-0.4, -0.2) is 20.9 Å². The number of carbonyl (C=O) groups is 1. The van der Waals surface area contributed by atoms with E-state index >= 15 is 0 Å². The van der Waals surface area contributed by atoms with Gasteiger partial charge in [-0.2, -0.15) is 5.10 Å². The summed E-state index contributed by atoms with van der Waals surface area (Å²) in [6, 6.07) is 9.84. The average molecular weight is 256 g/mol. The smallest absolute Gasteiger partial charge is 0.309 e. The zero-order valence-corrected chi connectivity index (χ0v) is 10.6. The first-order valence-electron chi connectivity index (χ1n) is 6.52. The first-order valence-corrected chi connectivity index (χ1v) is 6.52. The summed E-state index contributed by atoms with van der Waals surface area (Å²) in [6.07, 6.45) is 6.85. The maximum atomic E-state index is 11.4. The fourth-order valence-electron chi connectivity index (χ4n) is 2.63. The number of benzene rings is 1. The molecule has 0 aliphatic heterocycles. The minimum atomic E-state index is -0.675. The van der Waals surface area contributed by atoms with Crippen LogP contribution in [0.3, 0.4) is 0 Å². The van der Waals surface area contributed by atoms with Gasteiger partial charge in [0.1, 0.15) is 0 Å². The minimum Gasteiger partial charge on any atom is -0.481 e. The Morgan fingerprint density at radius 3 is 2.63 bits per heavy atom. The Kier molecular flexibility index (Phi) is 2.85. The van der Waals surface area contributed by atoms with Crippen LogP contribution in [0.25, 0.3) is 5.69 Å². The van der Waals surface area contributed by atoms with Crippen LogP contribution in [0.4, 0.5) is 0 Å². The van der Waals surface area contributed by atoms with Gasteiger partial charge in [-0.3, -0.25) is 4.79 Å². The van der Waals surface area contributed by atoms with Gasteiger partial charge in [-0.15, -0.1) is 0 Å². The summed E-state index contributed by atoms with van der Waals surface area (Å²) in [5.74, 6) is -0.675. The zero-order valence-electron chi connectivity index (χ0n) is 10.6. The van der Waals surface area contributed by atoms with Crippen molar-refractivity contribution in [2.45, 2.75) is 25.7 Å². The van der Waals surface area contributed by atoms with Crippen molar-refractivity contribution in [1.29, 1.82) is 0 Å². The average Bonchev–Trinajstić information content (AvgIpc) is 2.83. The summed E-state index contributed by atoms with van der Waals surface area (Å²) in [5.41, 5.74) is 1.43. The molecule has 0 atom stereocenters. The molecule has 1 aromatic heterocycles. The molecule has 1 saturated carbocycles. The molecule has 19 heavy (non-hydrogen) atoms. The van der Waals surface area contributed by atoms with Crippen molar-refractivity contribution < 1.29 is 9.90 Å². The van der Waals surface area contributed by atoms with Crippen LogP contribution >= 0.6 is 0 Å². The van der Waals surface area contributed by atoms with Gasteiger partial charge in [-0.25, -0.2) is 4.68 Å². The van der Waals surface area contributed by atoms with Crippen LogP contribution < -0.4 is 0 Å². The Bertz CT molecular complexity index is 585. The van der Waals surface area contributed by atoms with Gasteiger partial charge in [-0.1, -0.05) is 24.6 Å². The van der Waals surface area contributed by atoms with E-state index in [-0.39, 0.29) is 0 Å². The Morgan fingerprint density at radius 1 is 1.32 bits per heavy atom. The summed E-state index contributed by atoms with van der Waals surface area (Å²) in [5, 5.41) is 13.7. The fraction of sp³-hybridized carbons (Fsp3) is 0.333. The van der Waals surface area contributed by atoms with E-state index < -0.39 is 11.4 Å². The number of nitrogens with zero attached hydrogens (tertiary/aromatic N) is 2. The molecule has 1 aromatic carbocycles. The van der Waals surface area contributed by atoms with Gasteiger partial charge in [0, 0.05) is 6.20 Å². The van der Waals surface area contributed by atoms with Gasteiger partial charge in [0.05, 0.1) is 17.3 Å². The number of carboxylic acid groups (broad SMARTS) is 1. The van der Waals surface area contributed by atoms with Crippen molar-refractivity contribution in [3.8, 4) is 5.69 Å². The number of hydrogen-bond acceptors (Lipinski definition) is 2. The molecule has 4 heteroatoms. The predicted octanol–water partition coefficient (Wildman–Crippen LogP) is 2.67. The van der Waals surface area contributed by atoms with Crippen LogP contribution in [0, 0.1) is 5.41 Å². The van der Waals surface area contributed by atoms with Gasteiger partial charge >= 0.3 is 5.97 Å². The molecule has 3 rings (SSSR count). The molecule has 0 unspecified atom stereocenters. The van der Waals surface area contributed by atoms with Crippen LogP contribution in [0.1, 0.15) is 24.8 Å². The van der Waals surface area contributed by atoms with Crippen molar-refractivity contribution in [1.82, 2.24) is 9.78 Å². The fourth-order valence-corrected chi connectivity index (χ4v) is 2.63. The van der Waals surface area contributed by atoms with Crippen LogP contribution in [0.15, 0.2) is 42.7 Å². The van der Waals surface area contributed by atoms with E-state index in [2.05, 4.69) is 5.10 Å². The first kappa shape index (κ1) is 12.0. The molecule has 0 saturated heterocycles. The monoisotopic (exact) mass is 256 g/mol. The first-order chi connectivity index (χ1) is 9.20. The number of rotatable bonds is 4. The molecule has 98 valence electrons. The molecular weight excluding hydrogens is 240 g/mol. The molecule has 1 heterocycles. The highest BCUT2D eigenvalue weighted by atomic mass is 16.4. The molecule has 1 aliphatic carbocycles. The number of hydrogen-bond donors (Lipinski definition) is 1. The van der Waals surface area contributed by atoms with Crippen LogP contribution in [0.2, 0.25) is 0 Å². The molecule has 0 radical (unpaired) electrons.